The lowest BCUT2D eigenvalue weighted by molar-refractivity contribution is -0.141. The molecule has 1 atom stereocenters. The fourth-order valence-electron chi connectivity index (χ4n) is 0.992. The van der Waals surface area contributed by atoms with Crippen LogP contribution in [-0.4, -0.2) is 40.4 Å². The summed E-state index contributed by atoms with van der Waals surface area (Å²) in [6.07, 6.45) is 1.76. The summed E-state index contributed by atoms with van der Waals surface area (Å²) >= 11 is 1.24. The molecule has 0 aliphatic rings. The molecule has 0 aromatic carbocycles. The average molecular weight is 260 g/mol. The van der Waals surface area contributed by atoms with Gasteiger partial charge in [0.15, 0.2) is 0 Å². The maximum Gasteiger partial charge on any atom is 0.326 e. The molecule has 0 aliphatic heterocycles. The third-order valence-electron chi connectivity index (χ3n) is 1.75. The number of carbonyl (C=O) groups is 3. The lowest BCUT2D eigenvalue weighted by Crippen LogP contribution is -2.40. The minimum Gasteiger partial charge on any atom is -0.480 e. The summed E-state index contributed by atoms with van der Waals surface area (Å²) in [5, 5.41) is 11.1. The van der Waals surface area contributed by atoms with E-state index in [2.05, 4.69) is 11.9 Å². The Morgan fingerprint density at radius 2 is 2.12 bits per heavy atom. The highest BCUT2D eigenvalue weighted by atomic mass is 32.2. The quantitative estimate of drug-likeness (QED) is 0.391. The first kappa shape index (κ1) is 15.5. The van der Waals surface area contributed by atoms with E-state index in [1.165, 1.54) is 17.8 Å². The highest BCUT2D eigenvalue weighted by molar-refractivity contribution is 7.99. The third-order valence-corrected chi connectivity index (χ3v) is 2.73. The second-order valence-corrected chi connectivity index (χ2v) is 4.36. The Balaban J connectivity index is 3.86. The number of hydrogen-bond donors (Lipinski definition) is 3. The molecule has 0 bridgehead atoms. The number of carboxylic acid groups (broad SMARTS) is 1. The minimum absolute atomic E-state index is 0.152. The van der Waals surface area contributed by atoms with Crippen molar-refractivity contribution >= 4 is 29.5 Å². The molecular formula is C10H16N2O4S. The van der Waals surface area contributed by atoms with Gasteiger partial charge >= 0.3 is 5.97 Å². The zero-order valence-corrected chi connectivity index (χ0v) is 10.2. The topological polar surface area (TPSA) is 109 Å². The van der Waals surface area contributed by atoms with Crippen LogP contribution in [0.3, 0.4) is 0 Å². The molecule has 2 amide bonds. The van der Waals surface area contributed by atoms with E-state index in [-0.39, 0.29) is 24.5 Å². The molecule has 0 radical (unpaired) electrons. The number of nitrogens with two attached hydrogens (primary N) is 1. The first-order valence-corrected chi connectivity index (χ1v) is 6.12. The maximum absolute atomic E-state index is 11.3. The number of carbonyl (C=O) groups excluding carboxylic acids is 2. The Labute approximate surface area is 104 Å². The van der Waals surface area contributed by atoms with Gasteiger partial charge in [-0.3, -0.25) is 9.59 Å². The van der Waals surface area contributed by atoms with Crippen molar-refractivity contribution in [3.8, 4) is 0 Å². The average Bonchev–Trinajstić information content (AvgIpc) is 2.23. The number of amides is 2. The standard InChI is InChI=1S/C10H16N2O4S/c1-2-3-7(10(15)16)12-9(14)4-5-17-6-8(11)13/h2,7H,1,3-6H2,(H2,11,13)(H,12,14)(H,15,16). The molecule has 4 N–H and O–H groups in total. The number of hydrogen-bond acceptors (Lipinski definition) is 4. The van der Waals surface area contributed by atoms with Gasteiger partial charge in [0, 0.05) is 12.2 Å². The predicted molar refractivity (Wildman–Crippen MR) is 65.5 cm³/mol. The van der Waals surface area contributed by atoms with Crippen molar-refractivity contribution in [3.63, 3.8) is 0 Å². The number of nitrogens with one attached hydrogen (secondary N) is 1. The largest absolute Gasteiger partial charge is 0.480 e. The number of carboxylic acids is 1. The molecule has 0 saturated carbocycles. The summed E-state index contributed by atoms with van der Waals surface area (Å²) in [7, 11) is 0. The molecule has 0 heterocycles. The number of aliphatic carboxylic acids is 1. The zero-order chi connectivity index (χ0) is 13.3. The molecule has 0 aromatic rings. The predicted octanol–water partition coefficient (Wildman–Crippen LogP) is -0.259. The summed E-state index contributed by atoms with van der Waals surface area (Å²) in [5.74, 6) is -1.32. The smallest absolute Gasteiger partial charge is 0.326 e. The molecule has 0 spiro atoms. The highest BCUT2D eigenvalue weighted by Crippen LogP contribution is 2.02. The van der Waals surface area contributed by atoms with Gasteiger partial charge in [0.1, 0.15) is 6.04 Å². The van der Waals surface area contributed by atoms with Crippen molar-refractivity contribution in [1.82, 2.24) is 5.32 Å². The van der Waals surface area contributed by atoms with Crippen LogP contribution >= 0.6 is 11.8 Å². The van der Waals surface area contributed by atoms with Gasteiger partial charge in [-0.15, -0.1) is 6.58 Å². The van der Waals surface area contributed by atoms with Crippen LogP contribution in [0.1, 0.15) is 12.8 Å². The van der Waals surface area contributed by atoms with Gasteiger partial charge in [-0.05, 0) is 6.42 Å². The van der Waals surface area contributed by atoms with Crippen LogP contribution < -0.4 is 11.1 Å². The van der Waals surface area contributed by atoms with Crippen molar-refractivity contribution in [2.45, 2.75) is 18.9 Å². The summed E-state index contributed by atoms with van der Waals surface area (Å²) in [6, 6.07) is -0.943. The molecular weight excluding hydrogens is 244 g/mol. The first-order valence-electron chi connectivity index (χ1n) is 4.96. The van der Waals surface area contributed by atoms with Gasteiger partial charge in [-0.1, -0.05) is 6.08 Å². The van der Waals surface area contributed by atoms with Gasteiger partial charge in [0.25, 0.3) is 0 Å². The van der Waals surface area contributed by atoms with E-state index in [0.29, 0.717) is 5.75 Å². The van der Waals surface area contributed by atoms with Crippen molar-refractivity contribution < 1.29 is 19.5 Å². The first-order chi connectivity index (χ1) is 7.97. The van der Waals surface area contributed by atoms with Gasteiger partial charge in [-0.25, -0.2) is 4.79 Å². The maximum atomic E-state index is 11.3. The molecule has 0 aromatic heterocycles. The Morgan fingerprint density at radius 1 is 1.47 bits per heavy atom. The van der Waals surface area contributed by atoms with Crippen LogP contribution in [0.25, 0.3) is 0 Å². The third kappa shape index (κ3) is 8.32. The summed E-state index contributed by atoms with van der Waals surface area (Å²) in [5.41, 5.74) is 4.92. The molecule has 0 aliphatic carbocycles. The lowest BCUT2D eigenvalue weighted by Gasteiger charge is -2.12. The fraction of sp³-hybridized carbons (Fsp3) is 0.500. The van der Waals surface area contributed by atoms with Crippen molar-refractivity contribution in [1.29, 1.82) is 0 Å². The molecule has 0 fully saturated rings. The van der Waals surface area contributed by atoms with Crippen LogP contribution in [0.4, 0.5) is 0 Å². The molecule has 1 unspecified atom stereocenters. The minimum atomic E-state index is -1.09. The van der Waals surface area contributed by atoms with E-state index in [0.717, 1.165) is 0 Å². The van der Waals surface area contributed by atoms with Crippen LogP contribution in [-0.2, 0) is 14.4 Å². The van der Waals surface area contributed by atoms with Gasteiger partial charge in [-0.2, -0.15) is 11.8 Å². The van der Waals surface area contributed by atoms with E-state index in [4.69, 9.17) is 10.8 Å². The van der Waals surface area contributed by atoms with Crippen LogP contribution in [0, 0.1) is 0 Å². The van der Waals surface area contributed by atoms with E-state index in [1.54, 1.807) is 0 Å². The summed E-state index contributed by atoms with van der Waals surface area (Å²) in [6.45, 7) is 3.41. The normalized spacial score (nSPS) is 11.5. The van der Waals surface area contributed by atoms with Crippen LogP contribution in [0.5, 0.6) is 0 Å². The Bertz CT molecular complexity index is 307. The monoisotopic (exact) mass is 260 g/mol. The van der Waals surface area contributed by atoms with Crippen LogP contribution in [0.2, 0.25) is 0 Å². The van der Waals surface area contributed by atoms with E-state index >= 15 is 0 Å². The number of rotatable bonds is 9. The van der Waals surface area contributed by atoms with Gasteiger partial charge in [0.2, 0.25) is 11.8 Å². The van der Waals surface area contributed by atoms with Gasteiger partial charge < -0.3 is 16.2 Å². The summed E-state index contributed by atoms with van der Waals surface area (Å²) in [4.78, 5) is 32.5. The second kappa shape index (κ2) is 8.63. The lowest BCUT2D eigenvalue weighted by atomic mass is 10.2. The van der Waals surface area contributed by atoms with Crippen molar-refractivity contribution in [2.75, 3.05) is 11.5 Å². The SMILES string of the molecule is C=CCC(NC(=O)CCSCC(N)=O)C(=O)O. The molecule has 0 saturated heterocycles. The summed E-state index contributed by atoms with van der Waals surface area (Å²) < 4.78 is 0. The molecule has 6 nitrogen and oxygen atoms in total. The van der Waals surface area contributed by atoms with E-state index in [1.807, 2.05) is 0 Å². The van der Waals surface area contributed by atoms with E-state index in [9.17, 15) is 14.4 Å². The molecule has 17 heavy (non-hydrogen) atoms. The van der Waals surface area contributed by atoms with Crippen LogP contribution in [0.15, 0.2) is 12.7 Å². The van der Waals surface area contributed by atoms with Crippen molar-refractivity contribution in [2.24, 2.45) is 5.73 Å². The Hall–Kier alpha value is -1.50. The molecule has 7 heteroatoms. The Kier molecular flexibility index (Phi) is 7.87. The zero-order valence-electron chi connectivity index (χ0n) is 9.35. The Morgan fingerprint density at radius 3 is 2.59 bits per heavy atom. The number of thioether (sulfide) groups is 1. The number of primary amides is 1. The van der Waals surface area contributed by atoms with Crippen molar-refractivity contribution in [3.05, 3.63) is 12.7 Å². The molecule has 96 valence electrons. The highest BCUT2D eigenvalue weighted by Gasteiger charge is 2.17. The second-order valence-electron chi connectivity index (χ2n) is 3.25. The van der Waals surface area contributed by atoms with Gasteiger partial charge in [0.05, 0.1) is 5.75 Å². The van der Waals surface area contributed by atoms with E-state index < -0.39 is 17.9 Å². The fourth-order valence-corrected chi connectivity index (χ4v) is 1.67. The molecule has 0 rings (SSSR count).